The zero-order valence-corrected chi connectivity index (χ0v) is 14.9. The highest BCUT2D eigenvalue weighted by atomic mass is 16.1. The Morgan fingerprint density at radius 1 is 1.12 bits per heavy atom. The fourth-order valence-electron chi connectivity index (χ4n) is 2.58. The van der Waals surface area contributed by atoms with Gasteiger partial charge in [0.05, 0.1) is 11.2 Å². The maximum Gasteiger partial charge on any atom is 0.274 e. The van der Waals surface area contributed by atoms with Gasteiger partial charge in [0.15, 0.2) is 0 Å². The summed E-state index contributed by atoms with van der Waals surface area (Å²) in [6, 6.07) is 11.2. The van der Waals surface area contributed by atoms with Crippen LogP contribution in [0.4, 0.5) is 11.5 Å². The Kier molecular flexibility index (Phi) is 5.70. The number of para-hydroxylation sites is 1. The predicted molar refractivity (Wildman–Crippen MR) is 103 cm³/mol. The lowest BCUT2D eigenvalue weighted by Crippen LogP contribution is -2.17. The highest BCUT2D eigenvalue weighted by Crippen LogP contribution is 2.21. The smallest absolute Gasteiger partial charge is 0.274 e. The lowest BCUT2D eigenvalue weighted by Gasteiger charge is -2.11. The second-order valence-electron chi connectivity index (χ2n) is 6.21. The number of carbonyl (C=O) groups excluding carboxylic acids is 1. The third kappa shape index (κ3) is 4.52. The molecule has 2 heterocycles. The van der Waals surface area contributed by atoms with Crippen LogP contribution in [-0.4, -0.2) is 52.9 Å². The maximum absolute atomic E-state index is 12.6. The molecule has 3 rings (SSSR count). The van der Waals surface area contributed by atoms with Gasteiger partial charge >= 0.3 is 0 Å². The molecule has 0 spiro atoms. The van der Waals surface area contributed by atoms with Crippen LogP contribution in [0.1, 0.15) is 16.9 Å². The molecule has 0 aliphatic rings. The summed E-state index contributed by atoms with van der Waals surface area (Å²) in [7, 11) is 4.07. The van der Waals surface area contributed by atoms with E-state index in [9.17, 15) is 4.79 Å². The fourth-order valence-corrected chi connectivity index (χ4v) is 2.58. The molecule has 7 heteroatoms. The molecule has 26 heavy (non-hydrogen) atoms. The highest BCUT2D eigenvalue weighted by molar-refractivity contribution is 6.07. The molecule has 0 radical (unpaired) electrons. The number of anilines is 2. The molecule has 2 aromatic heterocycles. The fraction of sp³-hybridized carbons (Fsp3) is 0.263. The Bertz CT molecular complexity index is 891. The van der Waals surface area contributed by atoms with Gasteiger partial charge in [-0.25, -0.2) is 9.97 Å². The summed E-state index contributed by atoms with van der Waals surface area (Å²) >= 11 is 0. The molecule has 0 aliphatic carbocycles. The quantitative estimate of drug-likeness (QED) is 0.638. The zero-order valence-electron chi connectivity index (χ0n) is 14.9. The lowest BCUT2D eigenvalue weighted by molar-refractivity contribution is 0.102. The standard InChI is InChI=1S/C19H22N6O/c1-25(2)11-5-10-20-17-12-16(22-13-23-17)19(26)24-15-8-3-6-14-7-4-9-21-18(14)15/h3-4,6-9,12-13H,5,10-11H2,1-2H3,(H,24,26)(H,20,22,23). The normalized spacial score (nSPS) is 10.9. The first-order chi connectivity index (χ1) is 12.6. The van der Waals surface area contributed by atoms with E-state index in [1.807, 2.05) is 44.4 Å². The monoisotopic (exact) mass is 350 g/mol. The summed E-state index contributed by atoms with van der Waals surface area (Å²) in [5.74, 6) is 0.349. The van der Waals surface area contributed by atoms with Gasteiger partial charge < -0.3 is 15.5 Å². The van der Waals surface area contributed by atoms with Gasteiger partial charge in [0, 0.05) is 24.2 Å². The van der Waals surface area contributed by atoms with Crippen LogP contribution in [0.15, 0.2) is 48.9 Å². The minimum absolute atomic E-state index is 0.290. The number of fused-ring (bicyclic) bond motifs is 1. The summed E-state index contributed by atoms with van der Waals surface area (Å²) in [5.41, 5.74) is 1.72. The average molecular weight is 350 g/mol. The SMILES string of the molecule is CN(C)CCCNc1cc(C(=O)Nc2cccc3cccnc23)ncn1. The van der Waals surface area contributed by atoms with Gasteiger partial charge in [-0.1, -0.05) is 18.2 Å². The largest absolute Gasteiger partial charge is 0.370 e. The topological polar surface area (TPSA) is 83.0 Å². The molecule has 7 nitrogen and oxygen atoms in total. The third-order valence-electron chi connectivity index (χ3n) is 3.87. The van der Waals surface area contributed by atoms with Gasteiger partial charge in [0.2, 0.25) is 0 Å². The Balaban J connectivity index is 1.69. The summed E-state index contributed by atoms with van der Waals surface area (Å²) < 4.78 is 0. The number of amides is 1. The van der Waals surface area contributed by atoms with E-state index in [1.165, 1.54) is 6.33 Å². The molecule has 0 fully saturated rings. The first kappa shape index (κ1) is 17.8. The van der Waals surface area contributed by atoms with Crippen LogP contribution in [-0.2, 0) is 0 Å². The van der Waals surface area contributed by atoms with Crippen LogP contribution in [0.25, 0.3) is 10.9 Å². The number of nitrogens with zero attached hydrogens (tertiary/aromatic N) is 4. The molecular weight excluding hydrogens is 328 g/mol. The van der Waals surface area contributed by atoms with Crippen molar-refractivity contribution in [1.29, 1.82) is 0 Å². The van der Waals surface area contributed by atoms with E-state index in [-0.39, 0.29) is 5.91 Å². The van der Waals surface area contributed by atoms with E-state index in [2.05, 4.69) is 30.5 Å². The van der Waals surface area contributed by atoms with Crippen molar-refractivity contribution in [1.82, 2.24) is 19.9 Å². The number of hydrogen-bond acceptors (Lipinski definition) is 6. The zero-order chi connectivity index (χ0) is 18.4. The third-order valence-corrected chi connectivity index (χ3v) is 3.87. The van der Waals surface area contributed by atoms with Gasteiger partial charge in [-0.05, 0) is 39.2 Å². The molecule has 0 bridgehead atoms. The Morgan fingerprint density at radius 3 is 2.81 bits per heavy atom. The van der Waals surface area contributed by atoms with Crippen molar-refractivity contribution in [2.75, 3.05) is 37.8 Å². The number of rotatable bonds is 7. The lowest BCUT2D eigenvalue weighted by atomic mass is 10.2. The molecule has 1 amide bonds. The van der Waals surface area contributed by atoms with Crippen LogP contribution < -0.4 is 10.6 Å². The van der Waals surface area contributed by atoms with Gasteiger partial charge in [-0.3, -0.25) is 9.78 Å². The second kappa shape index (κ2) is 8.35. The molecule has 0 unspecified atom stereocenters. The maximum atomic E-state index is 12.6. The molecule has 134 valence electrons. The Hall–Kier alpha value is -3.06. The van der Waals surface area contributed by atoms with Gasteiger partial charge in [0.1, 0.15) is 17.8 Å². The summed E-state index contributed by atoms with van der Waals surface area (Å²) in [4.78, 5) is 27.3. The summed E-state index contributed by atoms with van der Waals surface area (Å²) in [5, 5.41) is 7.07. The molecule has 0 aliphatic heterocycles. The minimum atomic E-state index is -0.290. The number of aromatic nitrogens is 3. The van der Waals surface area contributed by atoms with E-state index in [1.54, 1.807) is 12.3 Å². The van der Waals surface area contributed by atoms with Crippen molar-refractivity contribution in [3.05, 3.63) is 54.6 Å². The van der Waals surface area contributed by atoms with Crippen molar-refractivity contribution >= 4 is 28.3 Å². The van der Waals surface area contributed by atoms with E-state index < -0.39 is 0 Å². The van der Waals surface area contributed by atoms with Crippen molar-refractivity contribution < 1.29 is 4.79 Å². The minimum Gasteiger partial charge on any atom is -0.370 e. The summed E-state index contributed by atoms with van der Waals surface area (Å²) in [6.07, 6.45) is 4.09. The van der Waals surface area contributed by atoms with Crippen LogP contribution in [0.3, 0.4) is 0 Å². The highest BCUT2D eigenvalue weighted by Gasteiger charge is 2.11. The van der Waals surface area contributed by atoms with Crippen LogP contribution in [0, 0.1) is 0 Å². The van der Waals surface area contributed by atoms with Gasteiger partial charge in [0.25, 0.3) is 5.91 Å². The number of pyridine rings is 1. The Morgan fingerprint density at radius 2 is 1.96 bits per heavy atom. The van der Waals surface area contributed by atoms with E-state index in [4.69, 9.17) is 0 Å². The molecule has 1 aromatic carbocycles. The van der Waals surface area contributed by atoms with Crippen molar-refractivity contribution in [3.63, 3.8) is 0 Å². The summed E-state index contributed by atoms with van der Waals surface area (Å²) in [6.45, 7) is 1.77. The molecule has 0 saturated heterocycles. The van der Waals surface area contributed by atoms with Crippen molar-refractivity contribution in [2.24, 2.45) is 0 Å². The van der Waals surface area contributed by atoms with Gasteiger partial charge in [-0.2, -0.15) is 0 Å². The predicted octanol–water partition coefficient (Wildman–Crippen LogP) is 2.64. The van der Waals surface area contributed by atoms with E-state index >= 15 is 0 Å². The number of nitrogens with one attached hydrogen (secondary N) is 2. The van der Waals surface area contributed by atoms with Crippen LogP contribution >= 0.6 is 0 Å². The molecule has 0 atom stereocenters. The molecular formula is C19H22N6O. The molecule has 0 saturated carbocycles. The number of hydrogen-bond donors (Lipinski definition) is 2. The van der Waals surface area contributed by atoms with E-state index in [0.717, 1.165) is 30.4 Å². The average Bonchev–Trinajstić information content (AvgIpc) is 2.66. The van der Waals surface area contributed by atoms with Crippen LogP contribution in [0.5, 0.6) is 0 Å². The Labute approximate surface area is 152 Å². The van der Waals surface area contributed by atoms with Gasteiger partial charge in [-0.15, -0.1) is 0 Å². The van der Waals surface area contributed by atoms with Crippen molar-refractivity contribution in [2.45, 2.75) is 6.42 Å². The first-order valence-corrected chi connectivity index (χ1v) is 8.49. The molecule has 3 aromatic rings. The second-order valence-corrected chi connectivity index (χ2v) is 6.21. The van der Waals surface area contributed by atoms with E-state index in [0.29, 0.717) is 17.2 Å². The first-order valence-electron chi connectivity index (χ1n) is 8.49. The van der Waals surface area contributed by atoms with Crippen molar-refractivity contribution in [3.8, 4) is 0 Å². The number of carbonyl (C=O) groups is 1. The molecule has 2 N–H and O–H groups in total. The number of benzene rings is 1. The van der Waals surface area contributed by atoms with Crippen LogP contribution in [0.2, 0.25) is 0 Å².